The van der Waals surface area contributed by atoms with Crippen molar-refractivity contribution >= 4 is 0 Å². The minimum Gasteiger partial charge on any atom is -0.508 e. The molecule has 10 heavy (non-hydrogen) atoms. The molecule has 56 valence electrons. The van der Waals surface area contributed by atoms with Gasteiger partial charge in [0, 0.05) is 19.2 Å². The zero-order valence-corrected chi connectivity index (χ0v) is 6.28. The lowest BCUT2D eigenvalue weighted by Crippen LogP contribution is -2.05. The maximum absolute atomic E-state index is 8.80. The van der Waals surface area contributed by atoms with Crippen LogP contribution in [-0.4, -0.2) is 12.2 Å². The first-order valence-corrected chi connectivity index (χ1v) is 2.99. The van der Waals surface area contributed by atoms with Gasteiger partial charge in [-0.15, -0.1) is 0 Å². The van der Waals surface area contributed by atoms with Crippen LogP contribution in [0.3, 0.4) is 0 Å². The van der Waals surface area contributed by atoms with Crippen LogP contribution in [0.4, 0.5) is 0 Å². The van der Waals surface area contributed by atoms with E-state index in [9.17, 15) is 0 Å². The molecule has 0 unspecified atom stereocenters. The molecule has 0 aliphatic heterocycles. The first-order chi connectivity index (χ1) is 4.57. The van der Waals surface area contributed by atoms with E-state index in [1.807, 2.05) is 0 Å². The first-order valence-electron chi connectivity index (χ1n) is 2.99. The van der Waals surface area contributed by atoms with Crippen LogP contribution in [0, 0.1) is 0 Å². The van der Waals surface area contributed by atoms with Gasteiger partial charge in [0.25, 0.3) is 0 Å². The van der Waals surface area contributed by atoms with Crippen molar-refractivity contribution < 1.29 is 5.11 Å². The molecule has 0 saturated heterocycles. The number of aliphatic hydroxyl groups is 1. The lowest BCUT2D eigenvalue weighted by atomic mass is 10.1. The second-order valence-corrected chi connectivity index (χ2v) is 2.08. The third-order valence-corrected chi connectivity index (χ3v) is 1.19. The fourth-order valence-electron chi connectivity index (χ4n) is 0.448. The van der Waals surface area contributed by atoms with Gasteiger partial charge in [0.05, 0.1) is 0 Å². The zero-order chi connectivity index (χ0) is 8.15. The fourth-order valence-corrected chi connectivity index (χ4v) is 0.448. The van der Waals surface area contributed by atoms with Crippen LogP contribution in [0.2, 0.25) is 0 Å². The molecule has 0 atom stereocenters. The topological polar surface area (TPSA) is 32.3 Å². The van der Waals surface area contributed by atoms with E-state index in [0.29, 0.717) is 12.0 Å². The number of nitrogens with one attached hydrogen (secondary N) is 1. The van der Waals surface area contributed by atoms with E-state index in [4.69, 9.17) is 5.11 Å². The van der Waals surface area contributed by atoms with Crippen molar-refractivity contribution in [3.05, 3.63) is 36.8 Å². The van der Waals surface area contributed by atoms with Gasteiger partial charge in [-0.1, -0.05) is 19.7 Å². The molecule has 0 spiro atoms. The summed E-state index contributed by atoms with van der Waals surface area (Å²) in [6.45, 7) is 10.6. The van der Waals surface area contributed by atoms with Crippen LogP contribution in [0.1, 0.15) is 6.42 Å². The van der Waals surface area contributed by atoms with Crippen molar-refractivity contribution in [3.63, 3.8) is 0 Å². The van der Waals surface area contributed by atoms with Crippen molar-refractivity contribution in [1.82, 2.24) is 5.32 Å². The Balaban J connectivity index is 3.80. The highest BCUT2D eigenvalue weighted by Crippen LogP contribution is 2.09. The average molecular weight is 139 g/mol. The summed E-state index contributed by atoms with van der Waals surface area (Å²) in [6, 6.07) is 0. The summed E-state index contributed by atoms with van der Waals surface area (Å²) in [5, 5.41) is 11.6. The third-order valence-electron chi connectivity index (χ3n) is 1.19. The lowest BCUT2D eigenvalue weighted by molar-refractivity contribution is 0.423. The van der Waals surface area contributed by atoms with E-state index in [2.05, 4.69) is 25.1 Å². The van der Waals surface area contributed by atoms with Crippen LogP contribution in [0.5, 0.6) is 0 Å². The van der Waals surface area contributed by atoms with Gasteiger partial charge in [-0.3, -0.25) is 0 Å². The molecular formula is C8H13NO. The minimum atomic E-state index is 0.0244. The molecule has 0 aromatic carbocycles. The van der Waals surface area contributed by atoms with Gasteiger partial charge in [-0.25, -0.2) is 0 Å². The molecule has 0 radical (unpaired) electrons. The second kappa shape index (κ2) is 3.77. The van der Waals surface area contributed by atoms with Crippen LogP contribution >= 0.6 is 0 Å². The van der Waals surface area contributed by atoms with E-state index < -0.39 is 0 Å². The van der Waals surface area contributed by atoms with Crippen LogP contribution in [0.15, 0.2) is 36.8 Å². The lowest BCUT2D eigenvalue weighted by Gasteiger charge is -2.05. The van der Waals surface area contributed by atoms with Crippen molar-refractivity contribution in [3.8, 4) is 0 Å². The Morgan fingerprint density at radius 3 is 2.20 bits per heavy atom. The Kier molecular flexibility index (Phi) is 3.33. The van der Waals surface area contributed by atoms with Gasteiger partial charge in [0.15, 0.2) is 0 Å². The quantitative estimate of drug-likeness (QED) is 0.459. The normalized spacial score (nSPS) is 8.50. The number of hydrogen-bond donors (Lipinski definition) is 2. The maximum atomic E-state index is 8.80. The molecule has 2 nitrogen and oxygen atoms in total. The number of hydrogen-bond acceptors (Lipinski definition) is 2. The maximum Gasteiger partial charge on any atom is 0.111 e. The molecule has 0 rings (SSSR count). The van der Waals surface area contributed by atoms with Crippen LogP contribution < -0.4 is 5.32 Å². The van der Waals surface area contributed by atoms with Crippen molar-refractivity contribution in [2.24, 2.45) is 0 Å². The molecule has 0 fully saturated rings. The first kappa shape index (κ1) is 8.82. The Morgan fingerprint density at radius 1 is 1.40 bits per heavy atom. The Bertz CT molecular complexity index is 170. The van der Waals surface area contributed by atoms with E-state index in [0.717, 1.165) is 5.70 Å². The Hall–Kier alpha value is -1.18. The Labute approximate surface area is 61.6 Å². The predicted molar refractivity (Wildman–Crippen MR) is 43.7 cm³/mol. The average Bonchev–Trinajstić information content (AvgIpc) is 1.87. The molecule has 0 saturated carbocycles. The molecule has 2 N–H and O–H groups in total. The predicted octanol–water partition coefficient (Wildman–Crippen LogP) is 1.74. The van der Waals surface area contributed by atoms with E-state index >= 15 is 0 Å². The number of aliphatic hydroxyl groups excluding tert-OH is 1. The molecule has 0 amide bonds. The summed E-state index contributed by atoms with van der Waals surface area (Å²) in [5.41, 5.74) is 1.42. The molecule has 0 aliphatic rings. The Morgan fingerprint density at radius 2 is 1.90 bits per heavy atom. The highest BCUT2D eigenvalue weighted by atomic mass is 16.3. The largest absolute Gasteiger partial charge is 0.508 e. The SMILES string of the molecule is C=C(CC(=C)C(=C)O)NC. The molecule has 0 bridgehead atoms. The molecule has 0 aromatic rings. The number of allylic oxidation sites excluding steroid dienone is 2. The third kappa shape index (κ3) is 2.97. The second-order valence-electron chi connectivity index (χ2n) is 2.08. The molecular weight excluding hydrogens is 126 g/mol. The summed E-state index contributed by atoms with van der Waals surface area (Å²) < 4.78 is 0. The fraction of sp³-hybridized carbons (Fsp3) is 0.250. The van der Waals surface area contributed by atoms with Gasteiger partial charge in [0.2, 0.25) is 0 Å². The molecule has 2 heteroatoms. The standard InChI is InChI=1S/C8H13NO/c1-6(8(3)10)5-7(2)9-4/h9-10H,1-3,5H2,4H3. The van der Waals surface area contributed by atoms with Gasteiger partial charge >= 0.3 is 0 Å². The van der Waals surface area contributed by atoms with Gasteiger partial charge in [0.1, 0.15) is 5.76 Å². The van der Waals surface area contributed by atoms with E-state index in [-0.39, 0.29) is 5.76 Å². The highest BCUT2D eigenvalue weighted by molar-refractivity contribution is 5.22. The molecule has 0 heterocycles. The summed E-state index contributed by atoms with van der Waals surface area (Å²) in [7, 11) is 1.77. The van der Waals surface area contributed by atoms with Crippen molar-refractivity contribution in [2.45, 2.75) is 6.42 Å². The molecule has 0 aliphatic carbocycles. The summed E-state index contributed by atoms with van der Waals surface area (Å²) in [4.78, 5) is 0. The summed E-state index contributed by atoms with van der Waals surface area (Å²) in [5.74, 6) is 0.0244. The van der Waals surface area contributed by atoms with Crippen molar-refractivity contribution in [2.75, 3.05) is 7.05 Å². The van der Waals surface area contributed by atoms with E-state index in [1.165, 1.54) is 0 Å². The van der Waals surface area contributed by atoms with Crippen LogP contribution in [0.25, 0.3) is 0 Å². The summed E-state index contributed by atoms with van der Waals surface area (Å²) in [6.07, 6.45) is 0.547. The van der Waals surface area contributed by atoms with Gasteiger partial charge in [-0.05, 0) is 5.57 Å². The highest BCUT2D eigenvalue weighted by Gasteiger charge is 1.97. The molecule has 0 aromatic heterocycles. The number of rotatable bonds is 4. The summed E-state index contributed by atoms with van der Waals surface area (Å²) >= 11 is 0. The smallest absolute Gasteiger partial charge is 0.111 e. The minimum absolute atomic E-state index is 0.0244. The van der Waals surface area contributed by atoms with Crippen molar-refractivity contribution in [1.29, 1.82) is 0 Å². The zero-order valence-electron chi connectivity index (χ0n) is 6.28. The van der Waals surface area contributed by atoms with E-state index in [1.54, 1.807) is 7.05 Å². The van der Waals surface area contributed by atoms with Gasteiger partial charge < -0.3 is 10.4 Å². The monoisotopic (exact) mass is 139 g/mol. The van der Waals surface area contributed by atoms with Crippen LogP contribution in [-0.2, 0) is 0 Å². The van der Waals surface area contributed by atoms with Gasteiger partial charge in [-0.2, -0.15) is 0 Å².